The summed E-state index contributed by atoms with van der Waals surface area (Å²) < 4.78 is 19.3. The molecule has 1 amide bonds. The fourth-order valence-electron chi connectivity index (χ4n) is 2.24. The third-order valence-corrected chi connectivity index (χ3v) is 3.57. The van der Waals surface area contributed by atoms with Crippen LogP contribution in [0.15, 0.2) is 42.5 Å². The van der Waals surface area contributed by atoms with Gasteiger partial charge in [-0.15, -0.1) is 0 Å². The maximum absolute atomic E-state index is 13.7. The first-order valence-electron chi connectivity index (χ1n) is 8.22. The van der Waals surface area contributed by atoms with Gasteiger partial charge in [0.05, 0.1) is 12.2 Å². The second-order valence-corrected chi connectivity index (χ2v) is 6.34. The third kappa shape index (κ3) is 5.37. The molecule has 128 valence electrons. The average Bonchev–Trinajstić information content (AvgIpc) is 2.56. The monoisotopic (exact) mass is 329 g/mol. The van der Waals surface area contributed by atoms with Gasteiger partial charge in [0, 0.05) is 6.54 Å². The van der Waals surface area contributed by atoms with Crippen LogP contribution in [0.25, 0.3) is 0 Å². The predicted molar refractivity (Wildman–Crippen MR) is 93.9 cm³/mol. The number of rotatable bonds is 7. The Bertz CT molecular complexity index is 681. The number of benzene rings is 2. The molecular formula is C20H24FNO2. The number of ether oxygens (including phenoxy) is 1. The van der Waals surface area contributed by atoms with E-state index in [4.69, 9.17) is 4.74 Å². The van der Waals surface area contributed by atoms with E-state index in [9.17, 15) is 9.18 Å². The van der Waals surface area contributed by atoms with Gasteiger partial charge in [-0.05, 0) is 49.1 Å². The molecule has 1 N–H and O–H groups in total. The average molecular weight is 329 g/mol. The Hall–Kier alpha value is -2.36. The molecule has 2 rings (SSSR count). The zero-order chi connectivity index (χ0) is 17.5. The Morgan fingerprint density at radius 3 is 2.54 bits per heavy atom. The molecule has 0 saturated carbocycles. The molecule has 2 aromatic carbocycles. The molecule has 0 aliphatic rings. The quantitative estimate of drug-likeness (QED) is 0.829. The van der Waals surface area contributed by atoms with E-state index in [0.29, 0.717) is 25.5 Å². The van der Waals surface area contributed by atoms with Gasteiger partial charge in [-0.3, -0.25) is 4.79 Å². The van der Waals surface area contributed by atoms with Crippen LogP contribution in [-0.2, 0) is 6.42 Å². The van der Waals surface area contributed by atoms with Gasteiger partial charge >= 0.3 is 0 Å². The number of halogens is 1. The number of hydrogen-bond donors (Lipinski definition) is 1. The van der Waals surface area contributed by atoms with Crippen molar-refractivity contribution in [2.75, 3.05) is 13.2 Å². The van der Waals surface area contributed by atoms with E-state index in [-0.39, 0.29) is 11.5 Å². The van der Waals surface area contributed by atoms with Gasteiger partial charge in [-0.1, -0.05) is 37.6 Å². The Kier molecular flexibility index (Phi) is 6.36. The van der Waals surface area contributed by atoms with Crippen LogP contribution in [-0.4, -0.2) is 19.1 Å². The first-order chi connectivity index (χ1) is 11.5. The van der Waals surface area contributed by atoms with Gasteiger partial charge in [0.15, 0.2) is 0 Å². The van der Waals surface area contributed by atoms with Crippen molar-refractivity contribution < 1.29 is 13.9 Å². The second-order valence-electron chi connectivity index (χ2n) is 6.34. The molecule has 0 bridgehead atoms. The van der Waals surface area contributed by atoms with Crippen LogP contribution in [0, 0.1) is 18.7 Å². The maximum Gasteiger partial charge on any atom is 0.254 e. The summed E-state index contributed by atoms with van der Waals surface area (Å²) in [6.45, 7) is 7.19. The highest BCUT2D eigenvalue weighted by Crippen LogP contribution is 2.14. The summed E-state index contributed by atoms with van der Waals surface area (Å²) in [6.07, 6.45) is 0.684. The summed E-state index contributed by atoms with van der Waals surface area (Å²) in [4.78, 5) is 12.0. The second kappa shape index (κ2) is 8.48. The fraction of sp³-hybridized carbons (Fsp3) is 0.350. The number of aryl methyl sites for hydroxylation is 1. The van der Waals surface area contributed by atoms with Crippen molar-refractivity contribution in [2.45, 2.75) is 27.2 Å². The van der Waals surface area contributed by atoms with Crippen LogP contribution in [0.1, 0.15) is 35.3 Å². The van der Waals surface area contributed by atoms with Crippen molar-refractivity contribution in [3.63, 3.8) is 0 Å². The van der Waals surface area contributed by atoms with Crippen molar-refractivity contribution in [1.29, 1.82) is 0 Å². The highest BCUT2D eigenvalue weighted by Gasteiger charge is 2.11. The minimum absolute atomic E-state index is 0.0902. The highest BCUT2D eigenvalue weighted by atomic mass is 19.1. The fourth-order valence-corrected chi connectivity index (χ4v) is 2.24. The van der Waals surface area contributed by atoms with Crippen molar-refractivity contribution in [3.05, 3.63) is 65.0 Å². The lowest BCUT2D eigenvalue weighted by molar-refractivity contribution is 0.0950. The molecule has 0 spiro atoms. The summed E-state index contributed by atoms with van der Waals surface area (Å²) in [5.74, 6) is 0.457. The van der Waals surface area contributed by atoms with E-state index >= 15 is 0 Å². The number of carbonyl (C=O) groups excluding carboxylic acids is 1. The summed E-state index contributed by atoms with van der Waals surface area (Å²) in [7, 11) is 0. The normalized spacial score (nSPS) is 10.7. The Labute approximate surface area is 142 Å². The van der Waals surface area contributed by atoms with Crippen LogP contribution in [0.5, 0.6) is 5.75 Å². The molecule has 0 atom stereocenters. The van der Waals surface area contributed by atoms with Crippen molar-refractivity contribution in [2.24, 2.45) is 5.92 Å². The standard InChI is InChI=1S/C20H24FNO2/c1-14(2)13-24-17-7-5-16(6-8-17)10-11-22-20(23)18-12-15(3)4-9-19(18)21/h4-9,12,14H,10-11,13H2,1-3H3,(H,22,23). The Balaban J connectivity index is 1.83. The van der Waals surface area contributed by atoms with E-state index in [1.54, 1.807) is 12.1 Å². The smallest absolute Gasteiger partial charge is 0.254 e. The van der Waals surface area contributed by atoms with E-state index in [2.05, 4.69) is 19.2 Å². The van der Waals surface area contributed by atoms with E-state index < -0.39 is 5.82 Å². The number of carbonyl (C=O) groups is 1. The molecule has 0 heterocycles. The number of hydrogen-bond acceptors (Lipinski definition) is 2. The Morgan fingerprint density at radius 2 is 1.88 bits per heavy atom. The minimum Gasteiger partial charge on any atom is -0.493 e. The zero-order valence-electron chi connectivity index (χ0n) is 14.4. The lowest BCUT2D eigenvalue weighted by atomic mass is 10.1. The van der Waals surface area contributed by atoms with Gasteiger partial charge in [-0.25, -0.2) is 4.39 Å². The summed E-state index contributed by atoms with van der Waals surface area (Å²) in [5.41, 5.74) is 2.04. The predicted octanol–water partition coefficient (Wildman–Crippen LogP) is 4.14. The van der Waals surface area contributed by atoms with Gasteiger partial charge in [0.1, 0.15) is 11.6 Å². The van der Waals surface area contributed by atoms with Gasteiger partial charge < -0.3 is 10.1 Å². The van der Waals surface area contributed by atoms with E-state index in [1.165, 1.54) is 6.07 Å². The first kappa shape index (κ1) is 18.0. The maximum atomic E-state index is 13.7. The summed E-state index contributed by atoms with van der Waals surface area (Å²) in [5, 5.41) is 2.76. The molecule has 0 aromatic heterocycles. The largest absolute Gasteiger partial charge is 0.493 e. The molecule has 0 aliphatic heterocycles. The summed E-state index contributed by atoms with van der Waals surface area (Å²) >= 11 is 0. The molecule has 24 heavy (non-hydrogen) atoms. The lowest BCUT2D eigenvalue weighted by Gasteiger charge is -2.10. The molecule has 4 heteroatoms. The van der Waals surface area contributed by atoms with Crippen molar-refractivity contribution in [3.8, 4) is 5.75 Å². The van der Waals surface area contributed by atoms with Crippen LogP contribution in [0.3, 0.4) is 0 Å². The van der Waals surface area contributed by atoms with E-state index in [1.807, 2.05) is 31.2 Å². The molecule has 0 saturated heterocycles. The summed E-state index contributed by atoms with van der Waals surface area (Å²) in [6, 6.07) is 12.4. The van der Waals surface area contributed by atoms with Gasteiger partial charge in [0.2, 0.25) is 0 Å². The molecular weight excluding hydrogens is 305 g/mol. The minimum atomic E-state index is -0.496. The lowest BCUT2D eigenvalue weighted by Crippen LogP contribution is -2.26. The zero-order valence-corrected chi connectivity index (χ0v) is 14.4. The first-order valence-corrected chi connectivity index (χ1v) is 8.22. The molecule has 3 nitrogen and oxygen atoms in total. The number of nitrogens with one attached hydrogen (secondary N) is 1. The SMILES string of the molecule is Cc1ccc(F)c(C(=O)NCCc2ccc(OCC(C)C)cc2)c1. The van der Waals surface area contributed by atoms with Crippen LogP contribution in [0.4, 0.5) is 4.39 Å². The van der Waals surface area contributed by atoms with Gasteiger partial charge in [0.25, 0.3) is 5.91 Å². The third-order valence-electron chi connectivity index (χ3n) is 3.57. The Morgan fingerprint density at radius 1 is 1.17 bits per heavy atom. The van der Waals surface area contributed by atoms with E-state index in [0.717, 1.165) is 16.9 Å². The molecule has 0 fully saturated rings. The van der Waals surface area contributed by atoms with Crippen LogP contribution in [0.2, 0.25) is 0 Å². The highest BCUT2D eigenvalue weighted by molar-refractivity contribution is 5.94. The molecule has 2 aromatic rings. The van der Waals surface area contributed by atoms with Crippen molar-refractivity contribution in [1.82, 2.24) is 5.32 Å². The molecule has 0 radical (unpaired) electrons. The van der Waals surface area contributed by atoms with Crippen LogP contribution >= 0.6 is 0 Å². The van der Waals surface area contributed by atoms with Crippen LogP contribution < -0.4 is 10.1 Å². The molecule has 0 unspecified atom stereocenters. The topological polar surface area (TPSA) is 38.3 Å². The van der Waals surface area contributed by atoms with Crippen molar-refractivity contribution >= 4 is 5.91 Å². The molecule has 0 aliphatic carbocycles. The number of amides is 1. The van der Waals surface area contributed by atoms with Gasteiger partial charge in [-0.2, -0.15) is 0 Å².